The fourth-order valence-electron chi connectivity index (χ4n) is 0.1000. The van der Waals surface area contributed by atoms with E-state index in [-0.39, 0.29) is 0 Å². The third-order valence-electron chi connectivity index (χ3n) is 0.699. The van der Waals surface area contributed by atoms with Gasteiger partial charge in [0.25, 0.3) is 0 Å². The maximum Gasteiger partial charge on any atom is 0.0328 e. The van der Waals surface area contributed by atoms with Gasteiger partial charge in [0.05, 0.1) is 0 Å². The van der Waals surface area contributed by atoms with Gasteiger partial charge in [-0.25, -0.2) is 0 Å². The molecule has 0 fully saturated rings. The minimum absolute atomic E-state index is 0.934. The van der Waals surface area contributed by atoms with Crippen LogP contribution in [0.3, 0.4) is 0 Å². The molecule has 0 bridgehead atoms. The highest BCUT2D eigenvalue weighted by atomic mass is 15.4. The van der Waals surface area contributed by atoms with Crippen LogP contribution in [0.4, 0.5) is 0 Å². The molecule has 0 N–H and O–H groups in total. The summed E-state index contributed by atoms with van der Waals surface area (Å²) in [4.78, 5) is 0. The van der Waals surface area contributed by atoms with Gasteiger partial charge in [0.2, 0.25) is 0 Å². The standard InChI is InChI=1S/C4H10N2/c1-4-6(3)5-2/h2,4H2,1,3H3. The van der Waals surface area contributed by atoms with E-state index < -0.39 is 0 Å². The fourth-order valence-corrected chi connectivity index (χ4v) is 0.1000. The monoisotopic (exact) mass is 86.1 g/mol. The number of nitrogens with zero attached hydrogens (tertiary/aromatic N) is 2. The highest BCUT2D eigenvalue weighted by molar-refractivity contribution is 5.22. The molecule has 0 saturated carbocycles. The topological polar surface area (TPSA) is 15.6 Å². The predicted molar refractivity (Wildman–Crippen MR) is 27.9 cm³/mol. The van der Waals surface area contributed by atoms with Gasteiger partial charge in [-0.1, -0.05) is 0 Å². The van der Waals surface area contributed by atoms with Crippen LogP contribution in [-0.4, -0.2) is 25.3 Å². The molecular weight excluding hydrogens is 76.1 g/mol. The van der Waals surface area contributed by atoms with E-state index in [2.05, 4.69) is 11.8 Å². The van der Waals surface area contributed by atoms with Crippen LogP contribution in [0.15, 0.2) is 5.10 Å². The first-order valence-electron chi connectivity index (χ1n) is 1.99. The summed E-state index contributed by atoms with van der Waals surface area (Å²) in [7, 11) is 1.88. The van der Waals surface area contributed by atoms with E-state index in [4.69, 9.17) is 0 Å². The van der Waals surface area contributed by atoms with E-state index in [1.807, 2.05) is 14.0 Å². The van der Waals surface area contributed by atoms with E-state index in [1.165, 1.54) is 0 Å². The molecule has 0 rings (SSSR count). The molecule has 0 saturated heterocycles. The lowest BCUT2D eigenvalue weighted by molar-refractivity contribution is 0.379. The molecule has 0 aromatic rings. The Bertz CT molecular complexity index is 42.8. The molecule has 0 radical (unpaired) electrons. The van der Waals surface area contributed by atoms with Crippen LogP contribution in [0.5, 0.6) is 0 Å². The summed E-state index contributed by atoms with van der Waals surface area (Å²) in [5.74, 6) is 0. The van der Waals surface area contributed by atoms with Gasteiger partial charge < -0.3 is 5.01 Å². The van der Waals surface area contributed by atoms with Crippen LogP contribution in [0.1, 0.15) is 6.92 Å². The lowest BCUT2D eigenvalue weighted by atomic mass is 10.7. The van der Waals surface area contributed by atoms with Gasteiger partial charge in [-0.3, -0.25) is 0 Å². The SMILES string of the molecule is C=NN(C)CC. The fraction of sp³-hybridized carbons (Fsp3) is 0.750. The molecule has 0 unspecified atom stereocenters. The molecule has 2 nitrogen and oxygen atoms in total. The van der Waals surface area contributed by atoms with Crippen molar-refractivity contribution < 1.29 is 0 Å². The van der Waals surface area contributed by atoms with E-state index in [9.17, 15) is 0 Å². The molecule has 0 aliphatic carbocycles. The molecule has 0 heterocycles. The lowest BCUT2D eigenvalue weighted by Gasteiger charge is -2.04. The molecule has 0 aliphatic heterocycles. The Labute approximate surface area is 38.5 Å². The minimum Gasteiger partial charge on any atom is -0.301 e. The maximum absolute atomic E-state index is 3.59. The zero-order chi connectivity index (χ0) is 4.99. The van der Waals surface area contributed by atoms with Gasteiger partial charge >= 0.3 is 0 Å². The van der Waals surface area contributed by atoms with Gasteiger partial charge in [0, 0.05) is 20.3 Å². The van der Waals surface area contributed by atoms with Crippen molar-refractivity contribution in [1.29, 1.82) is 0 Å². The van der Waals surface area contributed by atoms with Gasteiger partial charge in [-0.2, -0.15) is 5.10 Å². The molecule has 6 heavy (non-hydrogen) atoms. The van der Waals surface area contributed by atoms with Crippen LogP contribution in [0.25, 0.3) is 0 Å². The van der Waals surface area contributed by atoms with Crippen molar-refractivity contribution in [2.24, 2.45) is 5.10 Å². The molecule has 0 aromatic heterocycles. The summed E-state index contributed by atoms with van der Waals surface area (Å²) < 4.78 is 0. The van der Waals surface area contributed by atoms with Crippen molar-refractivity contribution in [2.45, 2.75) is 6.92 Å². The van der Waals surface area contributed by atoms with Crippen LogP contribution >= 0.6 is 0 Å². The quantitative estimate of drug-likeness (QED) is 0.354. The Hall–Kier alpha value is -0.530. The Morgan fingerprint density at radius 1 is 1.83 bits per heavy atom. The Kier molecular flexibility index (Phi) is 2.46. The number of hydrazone groups is 1. The van der Waals surface area contributed by atoms with Gasteiger partial charge in [0.15, 0.2) is 0 Å². The van der Waals surface area contributed by atoms with Crippen LogP contribution in [0, 0.1) is 0 Å². The van der Waals surface area contributed by atoms with Crippen molar-refractivity contribution in [3.63, 3.8) is 0 Å². The first kappa shape index (κ1) is 5.47. The van der Waals surface area contributed by atoms with Crippen molar-refractivity contribution in [3.8, 4) is 0 Å². The first-order chi connectivity index (χ1) is 2.81. The summed E-state index contributed by atoms with van der Waals surface area (Å²) in [6, 6.07) is 0. The highest BCUT2D eigenvalue weighted by Gasteiger charge is 1.75. The second-order valence-electron chi connectivity index (χ2n) is 1.12. The van der Waals surface area contributed by atoms with E-state index in [0.717, 1.165) is 6.54 Å². The molecule has 2 heteroatoms. The highest BCUT2D eigenvalue weighted by Crippen LogP contribution is 1.73. The number of hydrogen-bond acceptors (Lipinski definition) is 2. The minimum atomic E-state index is 0.934. The van der Waals surface area contributed by atoms with Gasteiger partial charge in [0.1, 0.15) is 0 Å². The van der Waals surface area contributed by atoms with E-state index in [1.54, 1.807) is 5.01 Å². The Morgan fingerprint density at radius 2 is 2.33 bits per heavy atom. The Balaban J connectivity index is 2.96. The molecule has 0 amide bonds. The van der Waals surface area contributed by atoms with Gasteiger partial charge in [-0.05, 0) is 6.92 Å². The molecule has 36 valence electrons. The normalized spacial score (nSPS) is 7.67. The molecular formula is C4H10N2. The first-order valence-corrected chi connectivity index (χ1v) is 1.99. The van der Waals surface area contributed by atoms with Gasteiger partial charge in [-0.15, -0.1) is 0 Å². The predicted octanol–water partition coefficient (Wildman–Crippen LogP) is 0.554. The molecule has 0 atom stereocenters. The molecule has 0 spiro atoms. The zero-order valence-corrected chi connectivity index (χ0v) is 4.31. The van der Waals surface area contributed by atoms with Crippen molar-refractivity contribution >= 4 is 6.72 Å². The average Bonchev–Trinajstić information content (AvgIpc) is 1.65. The zero-order valence-electron chi connectivity index (χ0n) is 4.31. The Morgan fingerprint density at radius 3 is 2.33 bits per heavy atom. The molecule has 0 aliphatic rings. The summed E-state index contributed by atoms with van der Waals surface area (Å²) in [6.45, 7) is 6.26. The second kappa shape index (κ2) is 2.69. The largest absolute Gasteiger partial charge is 0.301 e. The third kappa shape index (κ3) is 1.76. The number of rotatable bonds is 2. The van der Waals surface area contributed by atoms with Crippen LogP contribution in [-0.2, 0) is 0 Å². The van der Waals surface area contributed by atoms with Crippen LogP contribution in [0.2, 0.25) is 0 Å². The van der Waals surface area contributed by atoms with Crippen LogP contribution < -0.4 is 0 Å². The maximum atomic E-state index is 3.59. The summed E-state index contributed by atoms with van der Waals surface area (Å²) in [6.07, 6.45) is 0. The van der Waals surface area contributed by atoms with E-state index >= 15 is 0 Å². The summed E-state index contributed by atoms with van der Waals surface area (Å²) in [5.41, 5.74) is 0. The van der Waals surface area contributed by atoms with Crippen molar-refractivity contribution in [2.75, 3.05) is 13.6 Å². The molecule has 0 aromatic carbocycles. The second-order valence-corrected chi connectivity index (χ2v) is 1.12. The summed E-state index contributed by atoms with van der Waals surface area (Å²) in [5, 5.41) is 5.35. The van der Waals surface area contributed by atoms with E-state index in [0.29, 0.717) is 0 Å². The third-order valence-corrected chi connectivity index (χ3v) is 0.699. The average molecular weight is 86.1 g/mol. The smallest absolute Gasteiger partial charge is 0.0328 e. The van der Waals surface area contributed by atoms with Crippen molar-refractivity contribution in [1.82, 2.24) is 5.01 Å². The van der Waals surface area contributed by atoms with Crippen molar-refractivity contribution in [3.05, 3.63) is 0 Å². The number of hydrogen-bond donors (Lipinski definition) is 0. The summed E-state index contributed by atoms with van der Waals surface area (Å²) >= 11 is 0. The lowest BCUT2D eigenvalue weighted by Crippen LogP contribution is -2.07.